The molecule has 1 aromatic heterocycles. The van der Waals surface area contributed by atoms with Crippen molar-refractivity contribution in [1.82, 2.24) is 15.2 Å². The minimum absolute atomic E-state index is 0.0600. The quantitative estimate of drug-likeness (QED) is 0.752. The van der Waals surface area contributed by atoms with E-state index in [1.54, 1.807) is 0 Å². The van der Waals surface area contributed by atoms with Crippen LogP contribution < -0.4 is 10.6 Å². The third kappa shape index (κ3) is 5.54. The largest absolute Gasteiger partial charge is 0.355 e. The minimum Gasteiger partial charge on any atom is -0.355 e. The van der Waals surface area contributed by atoms with Crippen molar-refractivity contribution < 1.29 is 4.79 Å². The second-order valence-electron chi connectivity index (χ2n) is 4.67. The van der Waals surface area contributed by atoms with Crippen molar-refractivity contribution in [3.63, 3.8) is 0 Å². The summed E-state index contributed by atoms with van der Waals surface area (Å²) in [6.45, 7) is 9.26. The average molecular weight is 237 g/mol. The summed E-state index contributed by atoms with van der Waals surface area (Å²) < 4.78 is 1.91. The fourth-order valence-electron chi connectivity index (χ4n) is 1.62. The van der Waals surface area contributed by atoms with Gasteiger partial charge >= 0.3 is 0 Å². The van der Waals surface area contributed by atoms with Crippen LogP contribution in [0.2, 0.25) is 0 Å². The molecular formula is C13H23N3O. The average Bonchev–Trinajstić information content (AvgIpc) is 2.65. The Hall–Kier alpha value is -1.29. The highest BCUT2D eigenvalue weighted by atomic mass is 16.1. The van der Waals surface area contributed by atoms with E-state index in [0.29, 0.717) is 19.0 Å². The monoisotopic (exact) mass is 237 g/mol. The van der Waals surface area contributed by atoms with Gasteiger partial charge in [0, 0.05) is 25.5 Å². The van der Waals surface area contributed by atoms with Gasteiger partial charge in [0.25, 0.3) is 0 Å². The fraction of sp³-hybridized carbons (Fsp3) is 0.615. The Morgan fingerprint density at radius 1 is 1.47 bits per heavy atom. The number of carbonyl (C=O) groups is 1. The first-order chi connectivity index (χ1) is 8.11. The maximum absolute atomic E-state index is 11.4. The maximum atomic E-state index is 11.4. The molecule has 1 aromatic rings. The lowest BCUT2D eigenvalue weighted by atomic mass is 10.2. The highest BCUT2D eigenvalue weighted by molar-refractivity contribution is 5.75. The third-order valence-electron chi connectivity index (χ3n) is 2.39. The van der Waals surface area contributed by atoms with Crippen LogP contribution in [0, 0.1) is 5.92 Å². The number of amides is 1. The van der Waals surface area contributed by atoms with Gasteiger partial charge in [0.1, 0.15) is 6.54 Å². The fourth-order valence-corrected chi connectivity index (χ4v) is 1.62. The molecule has 0 aliphatic carbocycles. The molecule has 1 amide bonds. The Morgan fingerprint density at radius 3 is 2.88 bits per heavy atom. The van der Waals surface area contributed by atoms with E-state index in [-0.39, 0.29) is 5.91 Å². The number of nitrogens with one attached hydrogen (secondary N) is 2. The molecule has 0 aliphatic heterocycles. The summed E-state index contributed by atoms with van der Waals surface area (Å²) in [7, 11) is 0. The molecule has 17 heavy (non-hydrogen) atoms. The van der Waals surface area contributed by atoms with Gasteiger partial charge in [0.05, 0.1) is 0 Å². The zero-order chi connectivity index (χ0) is 12.7. The van der Waals surface area contributed by atoms with Gasteiger partial charge in [-0.15, -0.1) is 0 Å². The number of carbonyl (C=O) groups excluding carboxylic acids is 1. The van der Waals surface area contributed by atoms with Crippen LogP contribution in [0.5, 0.6) is 0 Å². The van der Waals surface area contributed by atoms with Crippen LogP contribution in [0.4, 0.5) is 0 Å². The highest BCUT2D eigenvalue weighted by Gasteiger charge is 2.02. The first-order valence-electron chi connectivity index (χ1n) is 6.24. The number of nitrogens with zero attached hydrogens (tertiary/aromatic N) is 1. The first kappa shape index (κ1) is 13.8. The van der Waals surface area contributed by atoms with E-state index < -0.39 is 0 Å². The van der Waals surface area contributed by atoms with E-state index >= 15 is 0 Å². The molecule has 0 fully saturated rings. The van der Waals surface area contributed by atoms with E-state index in [1.165, 1.54) is 5.56 Å². The van der Waals surface area contributed by atoms with Gasteiger partial charge in [-0.05, 0) is 31.0 Å². The van der Waals surface area contributed by atoms with Gasteiger partial charge in [-0.3, -0.25) is 4.79 Å². The van der Waals surface area contributed by atoms with Crippen LogP contribution in [0.15, 0.2) is 18.5 Å². The Kier molecular flexibility index (Phi) is 5.77. The second kappa shape index (κ2) is 7.12. The van der Waals surface area contributed by atoms with E-state index in [0.717, 1.165) is 13.1 Å². The molecule has 0 atom stereocenters. The van der Waals surface area contributed by atoms with Crippen LogP contribution in [-0.2, 0) is 17.9 Å². The number of hydrogen-bond donors (Lipinski definition) is 2. The summed E-state index contributed by atoms with van der Waals surface area (Å²) in [5, 5.41) is 6.17. The molecule has 0 saturated heterocycles. The van der Waals surface area contributed by atoms with E-state index in [2.05, 4.69) is 24.5 Å². The van der Waals surface area contributed by atoms with Crippen molar-refractivity contribution in [3.05, 3.63) is 24.0 Å². The van der Waals surface area contributed by atoms with Crippen molar-refractivity contribution in [2.24, 2.45) is 5.92 Å². The Labute approximate surface area is 103 Å². The van der Waals surface area contributed by atoms with Crippen molar-refractivity contribution in [3.8, 4) is 0 Å². The molecule has 0 saturated carbocycles. The van der Waals surface area contributed by atoms with Gasteiger partial charge in [-0.1, -0.05) is 13.8 Å². The van der Waals surface area contributed by atoms with Gasteiger partial charge in [-0.2, -0.15) is 0 Å². The van der Waals surface area contributed by atoms with Crippen LogP contribution in [0.3, 0.4) is 0 Å². The maximum Gasteiger partial charge on any atom is 0.239 e. The number of hydrogen-bond acceptors (Lipinski definition) is 2. The number of rotatable bonds is 7. The van der Waals surface area contributed by atoms with Gasteiger partial charge in [-0.25, -0.2) is 0 Å². The summed E-state index contributed by atoms with van der Waals surface area (Å²) in [6.07, 6.45) is 3.96. The Morgan fingerprint density at radius 2 is 2.24 bits per heavy atom. The van der Waals surface area contributed by atoms with Crippen molar-refractivity contribution in [1.29, 1.82) is 0 Å². The summed E-state index contributed by atoms with van der Waals surface area (Å²) in [4.78, 5) is 11.4. The SMILES string of the molecule is CCNC(=O)Cn1ccc(CNCC(C)C)c1. The molecule has 0 spiro atoms. The molecule has 0 unspecified atom stereocenters. The number of likely N-dealkylation sites (N-methyl/N-ethyl adjacent to an activating group) is 1. The third-order valence-corrected chi connectivity index (χ3v) is 2.39. The normalized spacial score (nSPS) is 10.8. The topological polar surface area (TPSA) is 46.1 Å². The molecule has 1 heterocycles. The summed E-state index contributed by atoms with van der Waals surface area (Å²) in [5.41, 5.74) is 1.22. The second-order valence-corrected chi connectivity index (χ2v) is 4.67. The van der Waals surface area contributed by atoms with Gasteiger partial charge < -0.3 is 15.2 Å². The molecule has 96 valence electrons. The van der Waals surface area contributed by atoms with Crippen molar-refractivity contribution in [2.45, 2.75) is 33.9 Å². The summed E-state index contributed by atoms with van der Waals surface area (Å²) in [5.74, 6) is 0.720. The minimum atomic E-state index is 0.0600. The molecule has 4 heteroatoms. The predicted molar refractivity (Wildman–Crippen MR) is 69.7 cm³/mol. The van der Waals surface area contributed by atoms with Crippen LogP contribution in [0.1, 0.15) is 26.3 Å². The number of aromatic nitrogens is 1. The Bertz CT molecular complexity index is 344. The smallest absolute Gasteiger partial charge is 0.239 e. The Balaban J connectivity index is 2.34. The molecule has 2 N–H and O–H groups in total. The van der Waals surface area contributed by atoms with E-state index in [1.807, 2.05) is 30.0 Å². The molecule has 0 aromatic carbocycles. The summed E-state index contributed by atoms with van der Waals surface area (Å²) >= 11 is 0. The van der Waals surface area contributed by atoms with Crippen LogP contribution in [0.25, 0.3) is 0 Å². The molecule has 0 aliphatic rings. The first-order valence-corrected chi connectivity index (χ1v) is 6.24. The predicted octanol–water partition coefficient (Wildman–Crippen LogP) is 1.37. The lowest BCUT2D eigenvalue weighted by molar-refractivity contribution is -0.121. The van der Waals surface area contributed by atoms with Crippen molar-refractivity contribution >= 4 is 5.91 Å². The van der Waals surface area contributed by atoms with E-state index in [9.17, 15) is 4.79 Å². The highest BCUT2D eigenvalue weighted by Crippen LogP contribution is 2.01. The lowest BCUT2D eigenvalue weighted by Gasteiger charge is -2.06. The van der Waals surface area contributed by atoms with Crippen LogP contribution in [-0.4, -0.2) is 23.6 Å². The van der Waals surface area contributed by atoms with Crippen LogP contribution >= 0.6 is 0 Å². The lowest BCUT2D eigenvalue weighted by Crippen LogP contribution is -2.26. The molecule has 4 nitrogen and oxygen atoms in total. The zero-order valence-electron chi connectivity index (χ0n) is 11.0. The molecule has 1 rings (SSSR count). The molecular weight excluding hydrogens is 214 g/mol. The zero-order valence-corrected chi connectivity index (χ0v) is 11.0. The summed E-state index contributed by atoms with van der Waals surface area (Å²) in [6, 6.07) is 2.05. The van der Waals surface area contributed by atoms with E-state index in [4.69, 9.17) is 0 Å². The molecule has 0 bridgehead atoms. The standard InChI is InChI=1S/C13H23N3O/c1-4-15-13(17)10-16-6-5-12(9-16)8-14-7-11(2)3/h5-6,9,11,14H,4,7-8,10H2,1-3H3,(H,15,17). The van der Waals surface area contributed by atoms with Gasteiger partial charge in [0.15, 0.2) is 0 Å². The molecule has 0 radical (unpaired) electrons. The van der Waals surface area contributed by atoms with Gasteiger partial charge in [0.2, 0.25) is 5.91 Å². The van der Waals surface area contributed by atoms with Crippen molar-refractivity contribution in [2.75, 3.05) is 13.1 Å².